The number of nitrogens with one attached hydrogen (secondary N) is 1. The molecule has 2 heterocycles. The zero-order valence-electron chi connectivity index (χ0n) is 15.5. The summed E-state index contributed by atoms with van der Waals surface area (Å²) in [6.07, 6.45) is 1.41. The lowest BCUT2D eigenvalue weighted by Gasteiger charge is -2.32. The average Bonchev–Trinajstić information content (AvgIpc) is 3.06. The van der Waals surface area contributed by atoms with Crippen molar-refractivity contribution in [1.82, 2.24) is 9.62 Å². The summed E-state index contributed by atoms with van der Waals surface area (Å²) >= 11 is 0.710. The fourth-order valence-corrected chi connectivity index (χ4v) is 7.07. The predicted octanol–water partition coefficient (Wildman–Crippen LogP) is 0.494. The number of hydrogen-bond donors (Lipinski definition) is 2. The number of primary sulfonamides is 1. The summed E-state index contributed by atoms with van der Waals surface area (Å²) in [4.78, 5) is 0. The van der Waals surface area contributed by atoms with Gasteiger partial charge in [0.05, 0.1) is 13.2 Å². The molecule has 27 heavy (non-hydrogen) atoms. The maximum atomic E-state index is 12.9. The summed E-state index contributed by atoms with van der Waals surface area (Å²) in [5.74, 6) is 0. The lowest BCUT2D eigenvalue weighted by molar-refractivity contribution is 0.0675. The molecule has 2 rings (SSSR count). The van der Waals surface area contributed by atoms with Gasteiger partial charge in [-0.1, -0.05) is 6.92 Å². The van der Waals surface area contributed by atoms with Gasteiger partial charge in [-0.25, -0.2) is 22.0 Å². The summed E-state index contributed by atoms with van der Waals surface area (Å²) in [5, 5.41) is 8.50. The van der Waals surface area contributed by atoms with Crippen LogP contribution in [0.3, 0.4) is 0 Å². The van der Waals surface area contributed by atoms with Crippen molar-refractivity contribution in [2.75, 3.05) is 46.6 Å². The standard InChI is InChI=1S/C15H27N3O6S3/c1-3-5-17-13-11-18(6-4-7-24-9-8-23-2)27(21,22)15-12(13)10-14(25-15)26(16,19)20/h10,13,17H,3-9,11H2,1-2H3,(H2,16,19,20). The van der Waals surface area contributed by atoms with Gasteiger partial charge >= 0.3 is 0 Å². The van der Waals surface area contributed by atoms with Gasteiger partial charge in [0.15, 0.2) is 0 Å². The lowest BCUT2D eigenvalue weighted by atomic mass is 10.1. The van der Waals surface area contributed by atoms with E-state index in [1.54, 1.807) is 7.11 Å². The molecule has 3 N–H and O–H groups in total. The molecule has 9 nitrogen and oxygen atoms in total. The minimum absolute atomic E-state index is 0.0479. The molecule has 0 radical (unpaired) electrons. The highest BCUT2D eigenvalue weighted by molar-refractivity contribution is 7.94. The van der Waals surface area contributed by atoms with Gasteiger partial charge in [-0.15, -0.1) is 11.3 Å². The van der Waals surface area contributed by atoms with Crippen molar-refractivity contribution < 1.29 is 26.3 Å². The molecule has 1 aromatic heterocycles. The first-order valence-corrected chi connectivity index (χ1v) is 12.5. The molecule has 1 unspecified atom stereocenters. The SMILES string of the molecule is CCCNC1CN(CCCOCCOC)S(=O)(=O)c2sc(S(N)(=O)=O)cc21. The fourth-order valence-electron chi connectivity index (χ4n) is 2.76. The van der Waals surface area contributed by atoms with Gasteiger partial charge < -0.3 is 14.8 Å². The van der Waals surface area contributed by atoms with E-state index >= 15 is 0 Å². The minimum Gasteiger partial charge on any atom is -0.382 e. The molecule has 0 aromatic carbocycles. The van der Waals surface area contributed by atoms with Crippen molar-refractivity contribution in [2.24, 2.45) is 5.14 Å². The fraction of sp³-hybridized carbons (Fsp3) is 0.733. The van der Waals surface area contributed by atoms with Gasteiger partial charge in [0.1, 0.15) is 8.42 Å². The molecular formula is C15H27N3O6S3. The molecule has 1 aromatic rings. The van der Waals surface area contributed by atoms with E-state index in [-0.39, 0.29) is 21.0 Å². The van der Waals surface area contributed by atoms with Crippen LogP contribution in [-0.4, -0.2) is 67.7 Å². The Morgan fingerprint density at radius 2 is 2.11 bits per heavy atom. The number of nitrogens with two attached hydrogens (primary N) is 1. The van der Waals surface area contributed by atoms with E-state index in [0.717, 1.165) is 6.42 Å². The molecule has 0 bridgehead atoms. The molecular weight excluding hydrogens is 414 g/mol. The number of thiophene rings is 1. The van der Waals surface area contributed by atoms with Crippen LogP contribution in [0.5, 0.6) is 0 Å². The Hall–Kier alpha value is -0.600. The van der Waals surface area contributed by atoms with Crippen LogP contribution in [-0.2, 0) is 29.5 Å². The van der Waals surface area contributed by atoms with Gasteiger partial charge in [0, 0.05) is 38.4 Å². The molecule has 0 aliphatic carbocycles. The summed E-state index contributed by atoms with van der Waals surface area (Å²) in [6, 6.07) is 1.11. The molecule has 1 aliphatic rings. The molecule has 156 valence electrons. The largest absolute Gasteiger partial charge is 0.382 e. The number of ether oxygens (including phenoxy) is 2. The lowest BCUT2D eigenvalue weighted by Crippen LogP contribution is -2.44. The van der Waals surface area contributed by atoms with Gasteiger partial charge in [0.25, 0.3) is 10.0 Å². The van der Waals surface area contributed by atoms with Crippen molar-refractivity contribution >= 4 is 31.4 Å². The van der Waals surface area contributed by atoms with E-state index in [1.165, 1.54) is 10.4 Å². The van der Waals surface area contributed by atoms with Gasteiger partial charge in [-0.05, 0) is 25.5 Å². The van der Waals surface area contributed by atoms with Crippen LogP contribution in [0.2, 0.25) is 0 Å². The van der Waals surface area contributed by atoms with Crippen LogP contribution in [0.4, 0.5) is 0 Å². The van der Waals surface area contributed by atoms with Crippen LogP contribution in [0, 0.1) is 0 Å². The zero-order chi connectivity index (χ0) is 20.1. The molecule has 0 saturated carbocycles. The Kier molecular flexibility index (Phi) is 8.19. The zero-order valence-corrected chi connectivity index (χ0v) is 18.0. The van der Waals surface area contributed by atoms with Crippen LogP contribution >= 0.6 is 11.3 Å². The smallest absolute Gasteiger partial charge is 0.252 e. The number of hydrogen-bond acceptors (Lipinski definition) is 8. The number of rotatable bonds is 11. The molecule has 1 aliphatic heterocycles. The monoisotopic (exact) mass is 441 g/mol. The summed E-state index contributed by atoms with van der Waals surface area (Å²) in [6.45, 7) is 4.60. The Morgan fingerprint density at radius 1 is 1.37 bits per heavy atom. The van der Waals surface area contributed by atoms with Crippen LogP contribution in [0.1, 0.15) is 31.4 Å². The predicted molar refractivity (Wildman–Crippen MR) is 103 cm³/mol. The normalized spacial score (nSPS) is 19.9. The Morgan fingerprint density at radius 3 is 2.74 bits per heavy atom. The van der Waals surface area contributed by atoms with Crippen LogP contribution < -0.4 is 10.5 Å². The third-order valence-electron chi connectivity index (χ3n) is 4.09. The van der Waals surface area contributed by atoms with E-state index in [1.807, 2.05) is 6.92 Å². The first kappa shape index (κ1) is 22.7. The summed E-state index contributed by atoms with van der Waals surface area (Å²) in [5.41, 5.74) is 0.477. The molecule has 0 spiro atoms. The summed E-state index contributed by atoms with van der Waals surface area (Å²) < 4.78 is 60.8. The molecule has 0 amide bonds. The average molecular weight is 442 g/mol. The number of sulfonamides is 2. The van der Waals surface area contributed by atoms with Gasteiger partial charge in [-0.3, -0.25) is 0 Å². The second-order valence-corrected chi connectivity index (χ2v) is 11.2. The van der Waals surface area contributed by atoms with Crippen molar-refractivity contribution in [2.45, 2.75) is 34.2 Å². The highest BCUT2D eigenvalue weighted by atomic mass is 32.3. The second kappa shape index (κ2) is 9.74. The molecule has 1 atom stereocenters. The Labute approximate surface area is 164 Å². The topological polar surface area (TPSA) is 128 Å². The van der Waals surface area contributed by atoms with Crippen molar-refractivity contribution in [3.63, 3.8) is 0 Å². The van der Waals surface area contributed by atoms with Crippen molar-refractivity contribution in [3.8, 4) is 0 Å². The molecule has 12 heteroatoms. The van der Waals surface area contributed by atoms with Crippen LogP contribution in [0.15, 0.2) is 14.5 Å². The second-order valence-electron chi connectivity index (χ2n) is 6.18. The first-order chi connectivity index (χ1) is 12.7. The summed E-state index contributed by atoms with van der Waals surface area (Å²) in [7, 11) is -6.14. The third-order valence-corrected chi connectivity index (χ3v) is 9.05. The molecule has 0 fully saturated rings. The van der Waals surface area contributed by atoms with Crippen molar-refractivity contribution in [3.05, 3.63) is 11.6 Å². The van der Waals surface area contributed by atoms with Gasteiger partial charge in [-0.2, -0.15) is 4.31 Å². The van der Waals surface area contributed by atoms with Gasteiger partial charge in [0.2, 0.25) is 10.0 Å². The van der Waals surface area contributed by atoms with E-state index in [2.05, 4.69) is 5.32 Å². The minimum atomic E-state index is -3.96. The van der Waals surface area contributed by atoms with E-state index < -0.39 is 20.0 Å². The maximum Gasteiger partial charge on any atom is 0.252 e. The number of fused-ring (bicyclic) bond motifs is 1. The Bertz CT molecular complexity index is 822. The Balaban J connectivity index is 2.20. The highest BCUT2D eigenvalue weighted by Crippen LogP contribution is 2.39. The third kappa shape index (κ3) is 5.70. The highest BCUT2D eigenvalue weighted by Gasteiger charge is 2.39. The van der Waals surface area contributed by atoms with Crippen LogP contribution in [0.25, 0.3) is 0 Å². The van der Waals surface area contributed by atoms with E-state index in [4.69, 9.17) is 14.6 Å². The molecule has 0 saturated heterocycles. The van der Waals surface area contributed by atoms with Crippen molar-refractivity contribution in [1.29, 1.82) is 0 Å². The first-order valence-electron chi connectivity index (χ1n) is 8.68. The number of methoxy groups -OCH3 is 1. The number of nitrogens with zero attached hydrogens (tertiary/aromatic N) is 1. The van der Waals surface area contributed by atoms with E-state index in [0.29, 0.717) is 56.2 Å². The quantitative estimate of drug-likeness (QED) is 0.478. The van der Waals surface area contributed by atoms with E-state index in [9.17, 15) is 16.8 Å². The maximum absolute atomic E-state index is 12.9.